The number of piperidine rings is 3. The highest BCUT2D eigenvalue weighted by Crippen LogP contribution is 2.37. The van der Waals surface area contributed by atoms with E-state index in [-0.39, 0.29) is 35.2 Å². The average Bonchev–Trinajstić information content (AvgIpc) is 3.65. The molecule has 0 aliphatic carbocycles. The van der Waals surface area contributed by atoms with Crippen LogP contribution in [-0.4, -0.2) is 94.7 Å². The second kappa shape index (κ2) is 15.4. The van der Waals surface area contributed by atoms with Crippen LogP contribution in [0.2, 0.25) is 10.0 Å². The first-order valence-electron chi connectivity index (χ1n) is 18.0. The second-order valence-electron chi connectivity index (χ2n) is 14.3. The fourth-order valence-electron chi connectivity index (χ4n) is 7.89. The Bertz CT molecular complexity index is 2100. The van der Waals surface area contributed by atoms with Crippen LogP contribution in [0.5, 0.6) is 5.75 Å². The van der Waals surface area contributed by atoms with Crippen LogP contribution in [0.4, 0.5) is 11.4 Å². The zero-order valence-corrected chi connectivity index (χ0v) is 31.6. The van der Waals surface area contributed by atoms with Crippen molar-refractivity contribution in [3.8, 4) is 16.9 Å². The number of amides is 3. The van der Waals surface area contributed by atoms with Crippen molar-refractivity contribution in [2.45, 2.75) is 57.2 Å². The van der Waals surface area contributed by atoms with Gasteiger partial charge in [0.2, 0.25) is 17.7 Å². The molecule has 15 heteroatoms. The number of nitrogens with zero attached hydrogens (tertiary/aromatic N) is 5. The van der Waals surface area contributed by atoms with Crippen molar-refractivity contribution in [1.82, 2.24) is 29.9 Å². The van der Waals surface area contributed by atoms with Gasteiger partial charge in [-0.05, 0) is 68.0 Å². The molecule has 3 fully saturated rings. The number of rotatable bonds is 9. The molecule has 3 aliphatic rings. The number of fused-ring (bicyclic) bond motifs is 1. The number of ether oxygens (including phenoxy) is 1. The number of carbonyl (C=O) groups is 3. The largest absolute Gasteiger partial charge is 0.496 e. The number of anilines is 2. The maximum atomic E-state index is 13.7. The molecule has 7 rings (SSSR count). The molecule has 3 amide bonds. The van der Waals surface area contributed by atoms with Crippen LogP contribution in [0.1, 0.15) is 44.1 Å². The third-order valence-electron chi connectivity index (χ3n) is 11.0. The first-order chi connectivity index (χ1) is 25.5. The molecule has 13 nitrogen and oxygen atoms in total. The van der Waals surface area contributed by atoms with E-state index in [0.717, 1.165) is 85.3 Å². The van der Waals surface area contributed by atoms with Crippen molar-refractivity contribution in [1.29, 1.82) is 0 Å². The van der Waals surface area contributed by atoms with Gasteiger partial charge in [-0.15, -0.1) is 0 Å². The Kier molecular flexibility index (Phi) is 10.7. The van der Waals surface area contributed by atoms with Crippen LogP contribution in [0, 0.1) is 5.92 Å². The van der Waals surface area contributed by atoms with Gasteiger partial charge in [0.25, 0.3) is 5.56 Å². The Balaban J connectivity index is 0.916. The molecule has 53 heavy (non-hydrogen) atoms. The number of aromatic nitrogens is 3. The fraction of sp³-hybridized carbons (Fsp3) is 0.447. The van der Waals surface area contributed by atoms with Crippen LogP contribution in [0.15, 0.2) is 47.5 Å². The smallest absolute Gasteiger partial charge is 0.276 e. The van der Waals surface area contributed by atoms with Gasteiger partial charge in [0.1, 0.15) is 17.3 Å². The van der Waals surface area contributed by atoms with Crippen LogP contribution in [0.3, 0.4) is 0 Å². The van der Waals surface area contributed by atoms with Crippen LogP contribution in [-0.2, 0) is 28.0 Å². The van der Waals surface area contributed by atoms with Crippen LogP contribution >= 0.6 is 23.2 Å². The lowest BCUT2D eigenvalue weighted by molar-refractivity contribution is -0.138. The van der Waals surface area contributed by atoms with Crippen LogP contribution < -0.4 is 25.8 Å². The van der Waals surface area contributed by atoms with Gasteiger partial charge in [-0.1, -0.05) is 23.2 Å². The zero-order valence-electron chi connectivity index (χ0n) is 30.1. The molecule has 0 spiro atoms. The number of methoxy groups -OCH3 is 1. The van der Waals surface area contributed by atoms with E-state index in [1.165, 1.54) is 4.57 Å². The van der Waals surface area contributed by atoms with Crippen molar-refractivity contribution in [3.63, 3.8) is 0 Å². The summed E-state index contributed by atoms with van der Waals surface area (Å²) in [5.41, 5.74) is 4.49. The van der Waals surface area contributed by atoms with Gasteiger partial charge >= 0.3 is 0 Å². The maximum Gasteiger partial charge on any atom is 0.276 e. The summed E-state index contributed by atoms with van der Waals surface area (Å²) < 4.78 is 7.36. The normalized spacial score (nSPS) is 19.0. The summed E-state index contributed by atoms with van der Waals surface area (Å²) in [4.78, 5) is 56.4. The van der Waals surface area contributed by atoms with E-state index >= 15 is 0 Å². The van der Waals surface area contributed by atoms with Gasteiger partial charge in [0.15, 0.2) is 0 Å². The lowest BCUT2D eigenvalue weighted by atomic mass is 9.93. The third kappa shape index (κ3) is 7.60. The highest BCUT2D eigenvalue weighted by molar-refractivity contribution is 6.33. The highest BCUT2D eigenvalue weighted by atomic mass is 35.5. The van der Waals surface area contributed by atoms with Gasteiger partial charge in [0.05, 0.1) is 24.0 Å². The summed E-state index contributed by atoms with van der Waals surface area (Å²) in [6.07, 6.45) is 7.40. The van der Waals surface area contributed by atoms with E-state index in [9.17, 15) is 19.2 Å². The first-order valence-corrected chi connectivity index (χ1v) is 18.8. The summed E-state index contributed by atoms with van der Waals surface area (Å²) in [5, 5.41) is 14.3. The minimum Gasteiger partial charge on any atom is -0.496 e. The minimum absolute atomic E-state index is 0.0431. The average molecular weight is 764 g/mol. The van der Waals surface area contributed by atoms with E-state index in [1.54, 1.807) is 26.6 Å². The number of aromatic amines is 1. The van der Waals surface area contributed by atoms with E-state index in [1.807, 2.05) is 42.3 Å². The zero-order chi connectivity index (χ0) is 37.4. The van der Waals surface area contributed by atoms with Crippen molar-refractivity contribution in [2.24, 2.45) is 13.0 Å². The molecule has 4 aromatic rings. The number of H-pyrrole nitrogens is 1. The summed E-state index contributed by atoms with van der Waals surface area (Å²) in [6, 6.07) is 9.22. The van der Waals surface area contributed by atoms with E-state index < -0.39 is 6.04 Å². The van der Waals surface area contributed by atoms with Crippen molar-refractivity contribution in [3.05, 3.63) is 68.7 Å². The SMILES string of the molecule is COc1cc(-c2cn(C)c(=O)c3[nH]ncc23)cc(Cl)c1CN1CCC(N(C)C(=O)C2CCN(c3ccc(NC4CCC(=O)NC4=O)cc3Cl)CC2)CC1. The molecule has 280 valence electrons. The van der Waals surface area contributed by atoms with Crippen molar-refractivity contribution < 1.29 is 19.1 Å². The molecular formula is C38H44Cl2N8O5. The summed E-state index contributed by atoms with van der Waals surface area (Å²) in [6.45, 7) is 3.71. The number of carbonyl (C=O) groups excluding carboxylic acids is 3. The fourth-order valence-corrected chi connectivity index (χ4v) is 8.46. The molecule has 1 unspecified atom stereocenters. The predicted octanol–water partition coefficient (Wildman–Crippen LogP) is 4.80. The number of likely N-dealkylation sites (tertiary alicyclic amines) is 1. The molecule has 2 aromatic carbocycles. The summed E-state index contributed by atoms with van der Waals surface area (Å²) >= 11 is 13.6. The molecule has 5 heterocycles. The van der Waals surface area contributed by atoms with Crippen LogP contribution in [0.25, 0.3) is 22.0 Å². The molecule has 1 atom stereocenters. The number of imide groups is 1. The maximum absolute atomic E-state index is 13.7. The Hall–Kier alpha value is -4.59. The quantitative estimate of drug-likeness (QED) is 0.205. The number of benzene rings is 2. The Morgan fingerprint density at radius 2 is 1.77 bits per heavy atom. The van der Waals surface area contributed by atoms with Crippen molar-refractivity contribution in [2.75, 3.05) is 50.6 Å². The molecule has 3 N–H and O–H groups in total. The summed E-state index contributed by atoms with van der Waals surface area (Å²) in [5.74, 6) is 0.259. The predicted molar refractivity (Wildman–Crippen MR) is 206 cm³/mol. The topological polar surface area (TPSA) is 145 Å². The van der Waals surface area contributed by atoms with E-state index in [4.69, 9.17) is 27.9 Å². The van der Waals surface area contributed by atoms with Crippen molar-refractivity contribution >= 4 is 63.2 Å². The second-order valence-corrected chi connectivity index (χ2v) is 15.1. The van der Waals surface area contributed by atoms with Gasteiger partial charge in [0, 0.05) is 98.6 Å². The first kappa shape index (κ1) is 36.8. The number of halogens is 2. The third-order valence-corrected chi connectivity index (χ3v) is 11.7. The lowest BCUT2D eigenvalue weighted by Gasteiger charge is -2.40. The molecule has 3 aliphatic heterocycles. The molecule has 0 saturated carbocycles. The number of hydrogen-bond donors (Lipinski definition) is 3. The van der Waals surface area contributed by atoms with Gasteiger partial charge < -0.3 is 24.4 Å². The minimum atomic E-state index is -0.476. The number of aryl methyl sites for hydroxylation is 1. The Morgan fingerprint density at radius 1 is 1.02 bits per heavy atom. The monoisotopic (exact) mass is 762 g/mol. The number of nitrogens with one attached hydrogen (secondary N) is 3. The van der Waals surface area contributed by atoms with Gasteiger partial charge in [-0.25, -0.2) is 0 Å². The Labute approximate surface area is 317 Å². The lowest BCUT2D eigenvalue weighted by Crippen LogP contribution is -2.48. The Morgan fingerprint density at radius 3 is 2.47 bits per heavy atom. The van der Waals surface area contributed by atoms with E-state index in [2.05, 4.69) is 30.6 Å². The van der Waals surface area contributed by atoms with E-state index in [0.29, 0.717) is 40.7 Å². The molecule has 0 radical (unpaired) electrons. The molecular weight excluding hydrogens is 719 g/mol. The molecule has 0 bridgehead atoms. The summed E-state index contributed by atoms with van der Waals surface area (Å²) in [7, 11) is 5.29. The molecule has 2 aromatic heterocycles. The standard InChI is InChI=1S/C38H44Cl2N8O5/c1-45-20-27(26-19-41-44-35(26)38(45)52)23-16-29(39)28(33(17-23)53-3)21-47-12-10-25(11-13-47)46(2)37(51)22-8-14-48(15-9-22)32-6-4-24(18-30(32)40)42-31-5-7-34(49)43-36(31)50/h4,6,16-20,22,25,31,42H,5,7-15,21H2,1-3H3,(H,41,44)(H,43,49,50). The van der Waals surface area contributed by atoms with Gasteiger partial charge in [-0.3, -0.25) is 34.5 Å². The number of pyridine rings is 1. The van der Waals surface area contributed by atoms with Gasteiger partial charge in [-0.2, -0.15) is 5.10 Å². The molecule has 3 saturated heterocycles. The highest BCUT2D eigenvalue weighted by Gasteiger charge is 2.33. The number of hydrogen-bond acceptors (Lipinski definition) is 9.